The Labute approximate surface area is 208 Å². The topological polar surface area (TPSA) is 56.1 Å². The van der Waals surface area contributed by atoms with Crippen LogP contribution in [-0.2, 0) is 10.8 Å². The Morgan fingerprint density at radius 3 is 2.34 bits per heavy atom. The highest BCUT2D eigenvalue weighted by atomic mass is 15.5. The summed E-state index contributed by atoms with van der Waals surface area (Å²) in [4.78, 5) is 14.2. The molecule has 1 aromatic heterocycles. The second kappa shape index (κ2) is 7.42. The molecule has 3 aromatic rings. The molecule has 5 nitrogen and oxygen atoms in total. The van der Waals surface area contributed by atoms with Crippen molar-refractivity contribution in [1.82, 2.24) is 9.97 Å². The first-order valence-electron chi connectivity index (χ1n) is 12.2. The predicted molar refractivity (Wildman–Crippen MR) is 142 cm³/mol. The summed E-state index contributed by atoms with van der Waals surface area (Å²) in [6.07, 6.45) is 3.58. The summed E-state index contributed by atoms with van der Waals surface area (Å²) in [5.74, 6) is 1.50. The van der Waals surface area contributed by atoms with Crippen LogP contribution in [0.4, 0.5) is 23.0 Å². The lowest BCUT2D eigenvalue weighted by atomic mass is 9.58. The van der Waals surface area contributed by atoms with Crippen molar-refractivity contribution in [3.05, 3.63) is 83.7 Å². The summed E-state index contributed by atoms with van der Waals surface area (Å²) >= 11 is 0. The van der Waals surface area contributed by atoms with Crippen LogP contribution >= 0.6 is 0 Å². The summed E-state index contributed by atoms with van der Waals surface area (Å²) in [7, 11) is 0. The smallest absolute Gasteiger partial charge is 0.179 e. The van der Waals surface area contributed by atoms with Crippen LogP contribution in [0, 0.1) is 23.7 Å². The van der Waals surface area contributed by atoms with Crippen LogP contribution < -0.4 is 9.80 Å². The molecular weight excluding hydrogens is 430 g/mol. The Morgan fingerprint density at radius 1 is 1.03 bits per heavy atom. The molecule has 0 amide bonds. The summed E-state index contributed by atoms with van der Waals surface area (Å²) in [5.41, 5.74) is 5.58. The maximum Gasteiger partial charge on any atom is 0.179 e. The Balaban J connectivity index is 1.87. The number of rotatable bonds is 2. The molecule has 35 heavy (non-hydrogen) atoms. The minimum Gasteiger partial charge on any atom is -0.301 e. The van der Waals surface area contributed by atoms with Gasteiger partial charge in [0.1, 0.15) is 12.2 Å². The highest BCUT2D eigenvalue weighted by molar-refractivity contribution is 5.88. The van der Waals surface area contributed by atoms with Crippen molar-refractivity contribution in [1.29, 1.82) is 5.26 Å². The molecule has 5 heteroatoms. The second-order valence-electron chi connectivity index (χ2n) is 11.5. The first-order valence-corrected chi connectivity index (χ1v) is 12.2. The number of allylic oxidation sites excluding steroid dienone is 1. The first-order chi connectivity index (χ1) is 16.5. The van der Waals surface area contributed by atoms with E-state index in [0.29, 0.717) is 5.69 Å². The van der Waals surface area contributed by atoms with Crippen molar-refractivity contribution in [3.63, 3.8) is 0 Å². The van der Waals surface area contributed by atoms with Gasteiger partial charge in [0.25, 0.3) is 0 Å². The molecule has 5 rings (SSSR count). The van der Waals surface area contributed by atoms with E-state index in [2.05, 4.69) is 113 Å². The van der Waals surface area contributed by atoms with E-state index in [1.54, 1.807) is 6.20 Å². The van der Waals surface area contributed by atoms with Gasteiger partial charge >= 0.3 is 0 Å². The summed E-state index contributed by atoms with van der Waals surface area (Å²) < 4.78 is 0. The molecule has 0 bridgehead atoms. The van der Waals surface area contributed by atoms with E-state index >= 15 is 0 Å². The molecule has 0 spiro atoms. The molecule has 0 saturated heterocycles. The van der Waals surface area contributed by atoms with Crippen molar-refractivity contribution in [2.75, 3.05) is 9.80 Å². The molecular formula is C30H33N5. The van der Waals surface area contributed by atoms with Crippen molar-refractivity contribution in [2.24, 2.45) is 5.41 Å². The average Bonchev–Trinajstić information content (AvgIpc) is 3.17. The van der Waals surface area contributed by atoms with E-state index in [-0.39, 0.29) is 22.4 Å². The number of aromatic nitrogens is 2. The Morgan fingerprint density at radius 2 is 1.71 bits per heavy atom. The Bertz CT molecular complexity index is 1390. The molecule has 2 aliphatic heterocycles. The average molecular weight is 464 g/mol. The van der Waals surface area contributed by atoms with Gasteiger partial charge in [-0.3, -0.25) is 0 Å². The van der Waals surface area contributed by atoms with E-state index in [9.17, 15) is 5.26 Å². The van der Waals surface area contributed by atoms with E-state index in [1.165, 1.54) is 11.1 Å². The number of benzene rings is 2. The standard InChI is InChI=1S/C30H33N5/c1-9-30(8)22-16-20(28(3,4)5)14-15-24(22)35-25-26(33-21(17-31)18-32-25)34(27(35)29(30,6)7)23-13-11-10-12-19(23)2/h9-16,18,27H,1H2,2-8H3. The van der Waals surface area contributed by atoms with Gasteiger partial charge in [-0.25, -0.2) is 9.97 Å². The van der Waals surface area contributed by atoms with Crippen LogP contribution in [0.25, 0.3) is 0 Å². The van der Waals surface area contributed by atoms with Crippen molar-refractivity contribution in [2.45, 2.75) is 65.5 Å². The van der Waals surface area contributed by atoms with Crippen LogP contribution in [0.5, 0.6) is 0 Å². The number of nitrogens with zero attached hydrogens (tertiary/aromatic N) is 5. The lowest BCUT2D eigenvalue weighted by molar-refractivity contribution is 0.170. The lowest BCUT2D eigenvalue weighted by Gasteiger charge is -2.56. The molecule has 2 aromatic carbocycles. The van der Waals surface area contributed by atoms with Crippen LogP contribution in [0.3, 0.4) is 0 Å². The van der Waals surface area contributed by atoms with E-state index in [1.807, 2.05) is 6.07 Å². The third kappa shape index (κ3) is 3.06. The number of hydrogen-bond acceptors (Lipinski definition) is 5. The SMILES string of the molecule is C=CC1(C)c2cc(C(C)(C)C)ccc2N2c3ncc(C#N)nc3N(c3ccccc3C)C2C1(C)C. The highest BCUT2D eigenvalue weighted by Gasteiger charge is 2.59. The van der Waals surface area contributed by atoms with Gasteiger partial charge in [-0.05, 0) is 41.2 Å². The third-order valence-electron chi connectivity index (χ3n) is 8.24. The van der Waals surface area contributed by atoms with Gasteiger partial charge in [0.15, 0.2) is 17.3 Å². The first kappa shape index (κ1) is 23.1. The molecule has 2 unspecified atom stereocenters. The van der Waals surface area contributed by atoms with Gasteiger partial charge in [0.2, 0.25) is 0 Å². The molecule has 0 saturated carbocycles. The summed E-state index contributed by atoms with van der Waals surface area (Å²) in [6, 6.07) is 17.3. The number of hydrogen-bond donors (Lipinski definition) is 0. The molecule has 0 aliphatic carbocycles. The number of anilines is 4. The molecule has 0 N–H and O–H groups in total. The van der Waals surface area contributed by atoms with Crippen LogP contribution in [0.2, 0.25) is 0 Å². The van der Waals surface area contributed by atoms with Crippen LogP contribution in [0.15, 0.2) is 61.3 Å². The highest BCUT2D eigenvalue weighted by Crippen LogP contribution is 2.62. The van der Waals surface area contributed by atoms with Gasteiger partial charge in [-0.15, -0.1) is 6.58 Å². The summed E-state index contributed by atoms with van der Waals surface area (Å²) in [5, 5.41) is 9.63. The van der Waals surface area contributed by atoms with Gasteiger partial charge in [0.05, 0.1) is 6.20 Å². The van der Waals surface area contributed by atoms with Crippen LogP contribution in [-0.4, -0.2) is 16.1 Å². The fraction of sp³-hybridized carbons (Fsp3) is 0.367. The largest absolute Gasteiger partial charge is 0.301 e. The monoisotopic (exact) mass is 463 g/mol. The van der Waals surface area contributed by atoms with E-state index in [4.69, 9.17) is 9.97 Å². The second-order valence-corrected chi connectivity index (χ2v) is 11.5. The molecule has 3 heterocycles. The normalized spacial score (nSPS) is 22.2. The summed E-state index contributed by atoms with van der Waals surface area (Å²) in [6.45, 7) is 20.1. The fourth-order valence-corrected chi connectivity index (χ4v) is 5.69. The van der Waals surface area contributed by atoms with Crippen LogP contribution in [0.1, 0.15) is 63.9 Å². The fourth-order valence-electron chi connectivity index (χ4n) is 5.69. The number of para-hydroxylation sites is 1. The van der Waals surface area contributed by atoms with Gasteiger partial charge in [-0.2, -0.15) is 5.26 Å². The van der Waals surface area contributed by atoms with Gasteiger partial charge < -0.3 is 9.80 Å². The third-order valence-corrected chi connectivity index (χ3v) is 8.24. The zero-order valence-electron chi connectivity index (χ0n) is 21.7. The van der Waals surface area contributed by atoms with E-state index in [0.717, 1.165) is 28.6 Å². The molecule has 2 atom stereocenters. The quantitative estimate of drug-likeness (QED) is 0.381. The van der Waals surface area contributed by atoms with Crippen molar-refractivity contribution < 1.29 is 0 Å². The maximum absolute atomic E-state index is 9.63. The molecule has 0 radical (unpaired) electrons. The number of fused-ring (bicyclic) bond motifs is 5. The lowest BCUT2D eigenvalue weighted by Crippen LogP contribution is -2.60. The Kier molecular flexibility index (Phi) is 4.90. The minimum atomic E-state index is -0.328. The van der Waals surface area contributed by atoms with E-state index < -0.39 is 0 Å². The van der Waals surface area contributed by atoms with Crippen molar-refractivity contribution in [3.8, 4) is 6.07 Å². The van der Waals surface area contributed by atoms with Crippen molar-refractivity contribution >= 4 is 23.0 Å². The molecule has 178 valence electrons. The maximum atomic E-state index is 9.63. The molecule has 0 fully saturated rings. The predicted octanol–water partition coefficient (Wildman–Crippen LogP) is 7.05. The minimum absolute atomic E-state index is 0.0235. The Hall–Kier alpha value is -3.65. The molecule has 2 aliphatic rings. The zero-order chi connectivity index (χ0) is 25.3. The zero-order valence-corrected chi connectivity index (χ0v) is 21.7. The van der Waals surface area contributed by atoms with Gasteiger partial charge in [0, 0.05) is 22.2 Å². The number of nitriles is 1. The van der Waals surface area contributed by atoms with Gasteiger partial charge in [-0.1, -0.05) is 78.0 Å². The number of aryl methyl sites for hydroxylation is 1.